The average molecular weight is 438 g/mol. The molecule has 0 aromatic heterocycles. The van der Waals surface area contributed by atoms with Crippen LogP contribution in [-0.4, -0.2) is 43.7 Å². The van der Waals surface area contributed by atoms with Gasteiger partial charge < -0.3 is 14.8 Å². The summed E-state index contributed by atoms with van der Waals surface area (Å²) in [6.45, 7) is 10.7. The molecule has 0 heterocycles. The van der Waals surface area contributed by atoms with E-state index in [1.807, 2.05) is 13.8 Å². The van der Waals surface area contributed by atoms with E-state index in [1.165, 1.54) is 25.7 Å². The van der Waals surface area contributed by atoms with E-state index in [-0.39, 0.29) is 23.8 Å². The number of hydrogen-bond donors (Lipinski definition) is 1. The molecule has 2 rings (SSSR count). The number of hydrogen-bond acceptors (Lipinski definition) is 4. The lowest BCUT2D eigenvalue weighted by Gasteiger charge is -2.29. The van der Waals surface area contributed by atoms with E-state index in [4.69, 9.17) is 9.47 Å². The van der Waals surface area contributed by atoms with Gasteiger partial charge >= 0.3 is 0 Å². The molecule has 2 fully saturated rings. The Morgan fingerprint density at radius 3 is 2.10 bits per heavy atom. The van der Waals surface area contributed by atoms with Crippen molar-refractivity contribution in [1.82, 2.24) is 5.32 Å². The summed E-state index contributed by atoms with van der Waals surface area (Å²) < 4.78 is 11.8. The van der Waals surface area contributed by atoms with Gasteiger partial charge in [0.25, 0.3) is 0 Å². The molecule has 2 saturated carbocycles. The number of carbonyl (C=O) groups excluding carboxylic acids is 2. The number of ether oxygens (including phenoxy) is 2. The van der Waals surface area contributed by atoms with Crippen molar-refractivity contribution in [3.8, 4) is 0 Å². The molecule has 0 spiro atoms. The molecular formula is C26H47NO4. The summed E-state index contributed by atoms with van der Waals surface area (Å²) in [4.78, 5) is 24.3. The zero-order valence-electron chi connectivity index (χ0n) is 20.5. The lowest BCUT2D eigenvalue weighted by atomic mass is 9.80. The van der Waals surface area contributed by atoms with Crippen LogP contribution in [0.1, 0.15) is 98.3 Å². The summed E-state index contributed by atoms with van der Waals surface area (Å²) >= 11 is 0. The van der Waals surface area contributed by atoms with Crippen LogP contribution in [0.4, 0.5) is 0 Å². The smallest absolute Gasteiger partial charge is 0.220 e. The maximum absolute atomic E-state index is 12.2. The second-order valence-electron chi connectivity index (χ2n) is 10.3. The molecule has 1 amide bonds. The van der Waals surface area contributed by atoms with Crippen LogP contribution in [-0.2, 0) is 19.1 Å². The van der Waals surface area contributed by atoms with Crippen LogP contribution in [0, 0.1) is 23.7 Å². The van der Waals surface area contributed by atoms with Gasteiger partial charge in [0.1, 0.15) is 5.78 Å². The van der Waals surface area contributed by atoms with Gasteiger partial charge in [0.15, 0.2) is 0 Å². The second-order valence-corrected chi connectivity index (χ2v) is 10.3. The number of rotatable bonds is 13. The Kier molecular flexibility index (Phi) is 12.1. The van der Waals surface area contributed by atoms with Crippen molar-refractivity contribution in [2.75, 3.05) is 19.8 Å². The Hall–Kier alpha value is -0.940. The van der Waals surface area contributed by atoms with Crippen LogP contribution in [0.3, 0.4) is 0 Å². The maximum Gasteiger partial charge on any atom is 0.220 e. The number of nitrogens with one attached hydrogen (secondary N) is 1. The number of ketones is 1. The van der Waals surface area contributed by atoms with Crippen molar-refractivity contribution in [3.63, 3.8) is 0 Å². The molecule has 5 heteroatoms. The first kappa shape index (κ1) is 26.3. The first-order chi connectivity index (χ1) is 14.9. The fourth-order valence-corrected chi connectivity index (χ4v) is 4.86. The first-order valence-corrected chi connectivity index (χ1v) is 12.9. The number of Topliss-reactive ketones (excluding diaryl/α,β-unsaturated/α-hetero) is 1. The predicted octanol–water partition coefficient (Wildman–Crippen LogP) is 5.30. The molecule has 0 aromatic rings. The Morgan fingerprint density at radius 1 is 0.903 bits per heavy atom. The monoisotopic (exact) mass is 437 g/mol. The summed E-state index contributed by atoms with van der Waals surface area (Å²) in [5.74, 6) is 2.21. The minimum atomic E-state index is 0.120. The summed E-state index contributed by atoms with van der Waals surface area (Å²) in [7, 11) is 0. The minimum absolute atomic E-state index is 0.120. The van der Waals surface area contributed by atoms with E-state index in [0.29, 0.717) is 36.8 Å². The molecule has 180 valence electrons. The van der Waals surface area contributed by atoms with Crippen molar-refractivity contribution in [2.45, 2.75) is 110 Å². The number of carbonyl (C=O) groups is 2. The quantitative estimate of drug-likeness (QED) is 0.397. The molecule has 1 unspecified atom stereocenters. The van der Waals surface area contributed by atoms with Gasteiger partial charge in [0.2, 0.25) is 5.91 Å². The molecule has 0 radical (unpaired) electrons. The highest BCUT2D eigenvalue weighted by atomic mass is 16.5. The first-order valence-electron chi connectivity index (χ1n) is 12.9. The minimum Gasteiger partial charge on any atom is -0.381 e. The average Bonchev–Trinajstić information content (AvgIpc) is 2.78. The van der Waals surface area contributed by atoms with Crippen LogP contribution >= 0.6 is 0 Å². The van der Waals surface area contributed by atoms with Crippen molar-refractivity contribution in [2.24, 2.45) is 23.7 Å². The Balaban J connectivity index is 1.46. The zero-order valence-corrected chi connectivity index (χ0v) is 20.5. The third kappa shape index (κ3) is 10.0. The van der Waals surface area contributed by atoms with Gasteiger partial charge in [-0.15, -0.1) is 0 Å². The highest BCUT2D eigenvalue weighted by Gasteiger charge is 2.28. The maximum atomic E-state index is 12.2. The second kappa shape index (κ2) is 14.3. The summed E-state index contributed by atoms with van der Waals surface area (Å²) in [5, 5.41) is 3.16. The van der Waals surface area contributed by atoms with E-state index in [0.717, 1.165) is 51.7 Å². The fraction of sp³-hybridized carbons (Fsp3) is 0.923. The van der Waals surface area contributed by atoms with Crippen LogP contribution in [0.15, 0.2) is 0 Å². The highest BCUT2D eigenvalue weighted by Crippen LogP contribution is 2.30. The summed E-state index contributed by atoms with van der Waals surface area (Å²) in [6.07, 6.45) is 11.4. The molecule has 0 aliphatic heterocycles. The number of amides is 1. The molecule has 0 bridgehead atoms. The van der Waals surface area contributed by atoms with Crippen LogP contribution in [0.2, 0.25) is 0 Å². The molecular weight excluding hydrogens is 390 g/mol. The largest absolute Gasteiger partial charge is 0.381 e. The van der Waals surface area contributed by atoms with E-state index in [2.05, 4.69) is 19.2 Å². The Bertz CT molecular complexity index is 520. The van der Waals surface area contributed by atoms with Gasteiger partial charge in [-0.05, 0) is 83.0 Å². The van der Waals surface area contributed by atoms with Gasteiger partial charge in [-0.1, -0.05) is 20.8 Å². The topological polar surface area (TPSA) is 64.6 Å². The molecule has 31 heavy (non-hydrogen) atoms. The van der Waals surface area contributed by atoms with Gasteiger partial charge in [0.05, 0.1) is 6.10 Å². The van der Waals surface area contributed by atoms with Crippen molar-refractivity contribution >= 4 is 11.7 Å². The third-order valence-corrected chi connectivity index (χ3v) is 7.27. The van der Waals surface area contributed by atoms with Crippen molar-refractivity contribution in [1.29, 1.82) is 0 Å². The van der Waals surface area contributed by atoms with E-state index in [9.17, 15) is 9.59 Å². The van der Waals surface area contributed by atoms with Gasteiger partial charge in [0, 0.05) is 44.1 Å². The van der Waals surface area contributed by atoms with Crippen molar-refractivity contribution < 1.29 is 19.1 Å². The van der Waals surface area contributed by atoms with E-state index in [1.54, 1.807) is 0 Å². The Labute approximate surface area is 190 Å². The van der Waals surface area contributed by atoms with Crippen LogP contribution < -0.4 is 5.32 Å². The van der Waals surface area contributed by atoms with Crippen molar-refractivity contribution in [3.05, 3.63) is 0 Å². The molecule has 5 nitrogen and oxygen atoms in total. The molecule has 2 aliphatic rings. The summed E-state index contributed by atoms with van der Waals surface area (Å²) in [6, 6.07) is 0.240. The van der Waals surface area contributed by atoms with E-state index >= 15 is 0 Å². The standard InChI is InChI=1S/C26H47NO4/c1-5-20(4)31-18-22-10-8-21(9-11-22)17-30-16-6-7-25(28)27-24-14-12-23(13-15-24)26(29)19(2)3/h19-24H,5-18H2,1-4H3,(H,27,28). The highest BCUT2D eigenvalue weighted by molar-refractivity contribution is 5.83. The van der Waals surface area contributed by atoms with Crippen LogP contribution in [0.5, 0.6) is 0 Å². The molecule has 0 saturated heterocycles. The SMILES string of the molecule is CCC(C)OCC1CCC(COCCCC(=O)NC2CCC(C(=O)C(C)C)CC2)CC1. The molecule has 1 atom stereocenters. The fourth-order valence-electron chi connectivity index (χ4n) is 4.86. The normalized spacial score (nSPS) is 27.8. The van der Waals surface area contributed by atoms with Crippen LogP contribution in [0.25, 0.3) is 0 Å². The Morgan fingerprint density at radius 2 is 1.52 bits per heavy atom. The molecule has 2 aliphatic carbocycles. The van der Waals surface area contributed by atoms with E-state index < -0.39 is 0 Å². The third-order valence-electron chi connectivity index (χ3n) is 7.27. The van der Waals surface area contributed by atoms with Gasteiger partial charge in [-0.2, -0.15) is 0 Å². The van der Waals surface area contributed by atoms with Gasteiger partial charge in [-0.3, -0.25) is 9.59 Å². The lowest BCUT2D eigenvalue weighted by molar-refractivity contribution is -0.127. The van der Waals surface area contributed by atoms with Gasteiger partial charge in [-0.25, -0.2) is 0 Å². The molecule has 0 aromatic carbocycles. The zero-order chi connectivity index (χ0) is 22.6. The predicted molar refractivity (Wildman–Crippen MR) is 125 cm³/mol. The summed E-state index contributed by atoms with van der Waals surface area (Å²) in [5.41, 5.74) is 0. The lowest BCUT2D eigenvalue weighted by Crippen LogP contribution is -2.39. The molecule has 1 N–H and O–H groups in total.